The van der Waals surface area contributed by atoms with Gasteiger partial charge in [-0.25, -0.2) is 0 Å². The van der Waals surface area contributed by atoms with Gasteiger partial charge in [0.05, 0.1) is 4.91 Å². The molecular weight excluding hydrogens is 338 g/mol. The third-order valence-corrected chi connectivity index (χ3v) is 5.75. The van der Waals surface area contributed by atoms with Crippen LogP contribution in [0.15, 0.2) is 11.0 Å². The summed E-state index contributed by atoms with van der Waals surface area (Å²) in [7, 11) is 0. The molecule has 0 N–H and O–H groups in total. The quantitative estimate of drug-likeness (QED) is 0.774. The van der Waals surface area contributed by atoms with Crippen molar-refractivity contribution < 1.29 is 14.4 Å². The highest BCUT2D eigenvalue weighted by molar-refractivity contribution is 8.18. The zero-order chi connectivity index (χ0) is 18.1. The van der Waals surface area contributed by atoms with Crippen LogP contribution in [-0.4, -0.2) is 51.1 Å². The van der Waals surface area contributed by atoms with E-state index in [1.807, 2.05) is 19.9 Å². The maximum absolute atomic E-state index is 12.6. The first-order valence-electron chi connectivity index (χ1n) is 8.62. The van der Waals surface area contributed by atoms with E-state index in [2.05, 4.69) is 11.5 Å². The zero-order valence-corrected chi connectivity index (χ0v) is 15.7. The molecule has 2 saturated heterocycles. The predicted molar refractivity (Wildman–Crippen MR) is 98.1 cm³/mol. The first-order valence-corrected chi connectivity index (χ1v) is 9.44. The van der Waals surface area contributed by atoms with Gasteiger partial charge in [-0.1, -0.05) is 0 Å². The van der Waals surface area contributed by atoms with Crippen molar-refractivity contribution in [3.05, 3.63) is 27.9 Å². The van der Waals surface area contributed by atoms with Gasteiger partial charge in [0, 0.05) is 31.0 Å². The number of thioether (sulfide) groups is 1. The highest BCUT2D eigenvalue weighted by Crippen LogP contribution is 2.33. The van der Waals surface area contributed by atoms with Gasteiger partial charge in [0.2, 0.25) is 5.91 Å². The Balaban J connectivity index is 1.77. The molecule has 2 aliphatic rings. The number of aromatic nitrogens is 1. The Hall–Kier alpha value is -2.02. The summed E-state index contributed by atoms with van der Waals surface area (Å²) in [6.07, 6.45) is 3.74. The van der Waals surface area contributed by atoms with Crippen molar-refractivity contribution in [1.82, 2.24) is 14.4 Å². The molecule has 0 radical (unpaired) electrons. The van der Waals surface area contributed by atoms with Gasteiger partial charge in [0.15, 0.2) is 0 Å². The molecular formula is C18H23N3O3S. The van der Waals surface area contributed by atoms with E-state index < -0.39 is 0 Å². The van der Waals surface area contributed by atoms with Gasteiger partial charge in [-0.05, 0) is 63.1 Å². The van der Waals surface area contributed by atoms with Crippen molar-refractivity contribution in [2.75, 3.05) is 19.6 Å². The number of imide groups is 1. The van der Waals surface area contributed by atoms with E-state index >= 15 is 0 Å². The summed E-state index contributed by atoms with van der Waals surface area (Å²) in [6.45, 7) is 8.23. The molecule has 6 nitrogen and oxygen atoms in total. The Bertz CT molecular complexity index is 760. The second kappa shape index (κ2) is 7.07. The molecule has 7 heteroatoms. The van der Waals surface area contributed by atoms with E-state index in [0.29, 0.717) is 18.0 Å². The number of amides is 3. The molecule has 2 fully saturated rings. The number of rotatable bonds is 4. The van der Waals surface area contributed by atoms with Crippen LogP contribution in [0.5, 0.6) is 0 Å². The number of carbonyl (C=O) groups is 3. The van der Waals surface area contributed by atoms with Crippen molar-refractivity contribution in [2.24, 2.45) is 0 Å². The fourth-order valence-corrected chi connectivity index (χ4v) is 4.27. The normalized spacial score (nSPS) is 19.6. The summed E-state index contributed by atoms with van der Waals surface area (Å²) in [4.78, 5) is 40.2. The van der Waals surface area contributed by atoms with Crippen LogP contribution in [0, 0.1) is 13.8 Å². The molecule has 2 aliphatic heterocycles. The topological polar surface area (TPSA) is 62.6 Å². The van der Waals surface area contributed by atoms with Gasteiger partial charge in [-0.2, -0.15) is 0 Å². The maximum Gasteiger partial charge on any atom is 0.294 e. The van der Waals surface area contributed by atoms with E-state index in [1.165, 1.54) is 0 Å². The van der Waals surface area contributed by atoms with Gasteiger partial charge >= 0.3 is 0 Å². The van der Waals surface area contributed by atoms with Crippen LogP contribution >= 0.6 is 11.8 Å². The monoisotopic (exact) mass is 361 g/mol. The van der Waals surface area contributed by atoms with Crippen molar-refractivity contribution >= 4 is 34.9 Å². The molecule has 0 saturated carbocycles. The van der Waals surface area contributed by atoms with Gasteiger partial charge in [0.25, 0.3) is 11.1 Å². The number of nitrogens with zero attached hydrogens (tertiary/aromatic N) is 3. The largest absolute Gasteiger partial charge is 0.349 e. The maximum atomic E-state index is 12.6. The van der Waals surface area contributed by atoms with Gasteiger partial charge < -0.3 is 9.47 Å². The molecule has 0 unspecified atom stereocenters. The fourth-order valence-electron chi connectivity index (χ4n) is 3.44. The predicted octanol–water partition coefficient (Wildman–Crippen LogP) is 2.78. The number of carbonyl (C=O) groups excluding carboxylic acids is 3. The van der Waals surface area contributed by atoms with Gasteiger partial charge in [-0.3, -0.25) is 19.3 Å². The minimum absolute atomic E-state index is 0.148. The summed E-state index contributed by atoms with van der Waals surface area (Å²) in [5, 5.41) is -0.368. The number of aryl methyl sites for hydroxylation is 1. The molecule has 1 aromatic heterocycles. The average Bonchev–Trinajstić information content (AvgIpc) is 3.25. The Morgan fingerprint density at radius 3 is 2.52 bits per heavy atom. The summed E-state index contributed by atoms with van der Waals surface area (Å²) in [5.41, 5.74) is 3.13. The lowest BCUT2D eigenvalue weighted by Crippen LogP contribution is -2.40. The third kappa shape index (κ3) is 3.38. The smallest absolute Gasteiger partial charge is 0.294 e. The lowest BCUT2D eigenvalue weighted by molar-refractivity contribution is -0.135. The van der Waals surface area contributed by atoms with Gasteiger partial charge in [0.1, 0.15) is 6.54 Å². The standard InChI is InChI=1S/C18H23N3O3S/c1-4-20-12(2)9-14(13(20)3)10-15-17(23)21(18(24)25-15)11-16(22)19-7-5-6-8-19/h9-10H,4-8,11H2,1-3H3. The summed E-state index contributed by atoms with van der Waals surface area (Å²) in [6, 6.07) is 2.02. The highest BCUT2D eigenvalue weighted by Gasteiger charge is 2.37. The van der Waals surface area contributed by atoms with Crippen LogP contribution in [0.25, 0.3) is 6.08 Å². The number of likely N-dealkylation sites (tertiary alicyclic amines) is 1. The van der Waals surface area contributed by atoms with Crippen molar-refractivity contribution in [3.8, 4) is 0 Å². The number of hydrogen-bond acceptors (Lipinski definition) is 4. The second-order valence-electron chi connectivity index (χ2n) is 6.43. The lowest BCUT2D eigenvalue weighted by Gasteiger charge is -2.18. The molecule has 0 spiro atoms. The van der Waals surface area contributed by atoms with Crippen molar-refractivity contribution in [2.45, 2.75) is 40.2 Å². The first-order chi connectivity index (χ1) is 11.9. The summed E-state index contributed by atoms with van der Waals surface area (Å²) < 4.78 is 2.16. The summed E-state index contributed by atoms with van der Waals surface area (Å²) >= 11 is 0.911. The molecule has 0 aliphatic carbocycles. The van der Waals surface area contributed by atoms with E-state index in [1.54, 1.807) is 11.0 Å². The van der Waals surface area contributed by atoms with Crippen LogP contribution in [0.1, 0.15) is 36.7 Å². The zero-order valence-electron chi connectivity index (χ0n) is 14.9. The minimum Gasteiger partial charge on any atom is -0.349 e. The number of hydrogen-bond donors (Lipinski definition) is 0. The second-order valence-corrected chi connectivity index (χ2v) is 7.42. The van der Waals surface area contributed by atoms with Crippen LogP contribution in [0.4, 0.5) is 4.79 Å². The van der Waals surface area contributed by atoms with Crippen LogP contribution in [0.2, 0.25) is 0 Å². The molecule has 0 aromatic carbocycles. The van der Waals surface area contributed by atoms with E-state index in [4.69, 9.17) is 0 Å². The highest BCUT2D eigenvalue weighted by atomic mass is 32.2. The minimum atomic E-state index is -0.371. The molecule has 1 aromatic rings. The van der Waals surface area contributed by atoms with E-state index in [0.717, 1.165) is 53.0 Å². The van der Waals surface area contributed by atoms with Gasteiger partial charge in [-0.15, -0.1) is 0 Å². The van der Waals surface area contributed by atoms with Crippen molar-refractivity contribution in [1.29, 1.82) is 0 Å². The summed E-state index contributed by atoms with van der Waals surface area (Å²) in [5.74, 6) is -0.519. The molecule has 3 heterocycles. The van der Waals surface area contributed by atoms with Crippen LogP contribution in [0.3, 0.4) is 0 Å². The Labute approximate surface area is 151 Å². The molecule has 3 amide bonds. The lowest BCUT2D eigenvalue weighted by atomic mass is 10.2. The Kier molecular flexibility index (Phi) is 5.03. The van der Waals surface area contributed by atoms with E-state index in [-0.39, 0.29) is 23.6 Å². The average molecular weight is 361 g/mol. The third-order valence-electron chi connectivity index (χ3n) is 4.84. The SMILES string of the molecule is CCn1c(C)cc(C=C2SC(=O)N(CC(=O)N3CCCC3)C2=O)c1C. The molecule has 25 heavy (non-hydrogen) atoms. The first kappa shape index (κ1) is 17.8. The Morgan fingerprint density at radius 2 is 1.92 bits per heavy atom. The molecule has 134 valence electrons. The molecule has 0 atom stereocenters. The van der Waals surface area contributed by atoms with E-state index in [9.17, 15) is 14.4 Å². The fraction of sp³-hybridized carbons (Fsp3) is 0.500. The van der Waals surface area contributed by atoms with Crippen LogP contribution in [-0.2, 0) is 16.1 Å². The van der Waals surface area contributed by atoms with Crippen LogP contribution < -0.4 is 0 Å². The molecule has 3 rings (SSSR count). The van der Waals surface area contributed by atoms with Crippen molar-refractivity contribution in [3.63, 3.8) is 0 Å². The molecule has 0 bridgehead atoms. The Morgan fingerprint density at radius 1 is 1.24 bits per heavy atom.